The van der Waals surface area contributed by atoms with Gasteiger partial charge in [0.1, 0.15) is 0 Å². The maximum absolute atomic E-state index is 6.15. The molecule has 0 spiro atoms. The van der Waals surface area contributed by atoms with Crippen LogP contribution in [-0.4, -0.2) is 4.57 Å². The molecule has 20 heavy (non-hydrogen) atoms. The quantitative estimate of drug-likeness (QED) is 0.593. The van der Waals surface area contributed by atoms with Crippen molar-refractivity contribution in [3.63, 3.8) is 0 Å². The molecule has 2 nitrogen and oxygen atoms in total. The Hall–Kier alpha value is -1.90. The fourth-order valence-electron chi connectivity index (χ4n) is 2.71. The Morgan fingerprint density at radius 2 is 1.80 bits per heavy atom. The third-order valence-corrected chi connectivity index (χ3v) is 4.32. The highest BCUT2D eigenvalue weighted by molar-refractivity contribution is 6.42. The summed E-state index contributed by atoms with van der Waals surface area (Å²) >= 11 is 12.2. The maximum Gasteiger partial charge on any atom is 0.0766 e. The first-order valence-electron chi connectivity index (χ1n) is 6.21. The van der Waals surface area contributed by atoms with Crippen LogP contribution in [0.5, 0.6) is 0 Å². The summed E-state index contributed by atoms with van der Waals surface area (Å²) in [6, 6.07) is 11.9. The first-order valence-corrected chi connectivity index (χ1v) is 6.96. The lowest BCUT2D eigenvalue weighted by Crippen LogP contribution is -2.12. The molecule has 1 N–H and O–H groups in total. The van der Waals surface area contributed by atoms with E-state index in [0.717, 1.165) is 22.8 Å². The Morgan fingerprint density at radius 3 is 2.65 bits per heavy atom. The van der Waals surface area contributed by atoms with Crippen molar-refractivity contribution in [2.24, 2.45) is 0 Å². The topological polar surface area (TPSA) is 17.0 Å². The molecular weight excluding hydrogens is 291 g/mol. The van der Waals surface area contributed by atoms with Gasteiger partial charge in [0.25, 0.3) is 0 Å². The van der Waals surface area contributed by atoms with Crippen molar-refractivity contribution < 1.29 is 0 Å². The van der Waals surface area contributed by atoms with Gasteiger partial charge in [-0.1, -0.05) is 54.0 Å². The predicted octanol–water partition coefficient (Wildman–Crippen LogP) is 5.33. The monoisotopic (exact) mass is 300 g/mol. The van der Waals surface area contributed by atoms with Crippen molar-refractivity contribution in [1.82, 2.24) is 4.57 Å². The van der Waals surface area contributed by atoms with Crippen LogP contribution in [-0.2, 0) is 0 Å². The molecule has 0 amide bonds. The van der Waals surface area contributed by atoms with Crippen molar-refractivity contribution in [3.8, 4) is 5.69 Å². The molecule has 2 heterocycles. The van der Waals surface area contributed by atoms with Crippen molar-refractivity contribution in [1.29, 1.82) is 0 Å². The van der Waals surface area contributed by atoms with Gasteiger partial charge in [-0.05, 0) is 12.1 Å². The molecule has 98 valence electrons. The van der Waals surface area contributed by atoms with Crippen molar-refractivity contribution in [3.05, 3.63) is 64.9 Å². The third-order valence-electron chi connectivity index (χ3n) is 3.59. The number of hydrogen-bond donors (Lipinski definition) is 1. The number of aromatic nitrogens is 1. The minimum absolute atomic E-state index is 0.533. The van der Waals surface area contributed by atoms with E-state index in [9.17, 15) is 0 Å². The van der Waals surface area contributed by atoms with E-state index < -0.39 is 0 Å². The van der Waals surface area contributed by atoms with Crippen LogP contribution in [0, 0.1) is 0 Å². The van der Waals surface area contributed by atoms with Gasteiger partial charge in [-0.2, -0.15) is 0 Å². The van der Waals surface area contributed by atoms with Crippen molar-refractivity contribution in [2.75, 3.05) is 5.32 Å². The highest BCUT2D eigenvalue weighted by Gasteiger charge is 2.22. The largest absolute Gasteiger partial charge is 0.353 e. The van der Waals surface area contributed by atoms with Gasteiger partial charge in [0.05, 0.1) is 32.8 Å². The molecule has 0 unspecified atom stereocenters. The lowest BCUT2D eigenvalue weighted by atomic mass is 10.1. The Kier molecular flexibility index (Phi) is 2.40. The van der Waals surface area contributed by atoms with Crippen LogP contribution in [0.1, 0.15) is 5.69 Å². The molecule has 1 aliphatic rings. The number of benzene rings is 2. The summed E-state index contributed by atoms with van der Waals surface area (Å²) in [5.41, 5.74) is 3.82. The van der Waals surface area contributed by atoms with Crippen molar-refractivity contribution in [2.45, 2.75) is 0 Å². The number of fused-ring (bicyclic) bond motifs is 5. The molecule has 0 atom stereocenters. The standard InChI is InChI=1S/C16H10Cl2N2/c1-9-16-11-5-3-2-4-10(11)8-20(16)15-7-13(18)12(17)6-14(15)19-9/h2-8,19H,1H2. The van der Waals surface area contributed by atoms with E-state index in [-0.39, 0.29) is 0 Å². The smallest absolute Gasteiger partial charge is 0.0766 e. The zero-order chi connectivity index (χ0) is 13.9. The van der Waals surface area contributed by atoms with Crippen LogP contribution in [0.15, 0.2) is 49.2 Å². The molecule has 3 aromatic rings. The minimum Gasteiger partial charge on any atom is -0.353 e. The number of anilines is 1. The van der Waals surface area contributed by atoms with E-state index in [0.29, 0.717) is 10.0 Å². The van der Waals surface area contributed by atoms with Crippen molar-refractivity contribution >= 4 is 45.4 Å². The molecule has 0 bridgehead atoms. The van der Waals surface area contributed by atoms with Crippen LogP contribution in [0.4, 0.5) is 5.69 Å². The molecule has 4 heteroatoms. The number of nitrogens with zero attached hydrogens (tertiary/aromatic N) is 1. The second kappa shape index (κ2) is 4.05. The molecule has 0 fully saturated rings. The van der Waals surface area contributed by atoms with Gasteiger partial charge in [0.2, 0.25) is 0 Å². The summed E-state index contributed by atoms with van der Waals surface area (Å²) < 4.78 is 2.11. The van der Waals surface area contributed by atoms with Crippen LogP contribution < -0.4 is 5.32 Å². The lowest BCUT2D eigenvalue weighted by molar-refractivity contribution is 1.04. The molecule has 4 rings (SSSR count). The van der Waals surface area contributed by atoms with E-state index in [2.05, 4.69) is 34.8 Å². The maximum atomic E-state index is 6.15. The fraction of sp³-hybridized carbons (Fsp3) is 0. The Labute approximate surface area is 126 Å². The number of hydrogen-bond acceptors (Lipinski definition) is 1. The number of rotatable bonds is 0. The third kappa shape index (κ3) is 1.52. The van der Waals surface area contributed by atoms with E-state index >= 15 is 0 Å². The summed E-state index contributed by atoms with van der Waals surface area (Å²) in [5, 5.41) is 6.72. The zero-order valence-electron chi connectivity index (χ0n) is 10.5. The first-order chi connectivity index (χ1) is 9.65. The number of nitrogens with one attached hydrogen (secondary N) is 1. The summed E-state index contributed by atoms with van der Waals surface area (Å²) in [6.45, 7) is 4.12. The Balaban J connectivity index is 2.12. The highest BCUT2D eigenvalue weighted by atomic mass is 35.5. The lowest BCUT2D eigenvalue weighted by Gasteiger charge is -2.24. The van der Waals surface area contributed by atoms with Crippen LogP contribution >= 0.6 is 23.2 Å². The molecule has 1 aliphatic heterocycles. The van der Waals surface area contributed by atoms with E-state index in [4.69, 9.17) is 23.2 Å². The van der Waals surface area contributed by atoms with Crippen LogP contribution in [0.25, 0.3) is 22.2 Å². The van der Waals surface area contributed by atoms with E-state index in [1.54, 1.807) is 0 Å². The second-order valence-electron chi connectivity index (χ2n) is 4.82. The Bertz CT molecular complexity index is 878. The normalized spacial score (nSPS) is 13.0. The van der Waals surface area contributed by atoms with Gasteiger partial charge >= 0.3 is 0 Å². The molecule has 0 saturated carbocycles. The average Bonchev–Trinajstić information content (AvgIpc) is 2.81. The second-order valence-corrected chi connectivity index (χ2v) is 5.64. The summed E-state index contributed by atoms with van der Waals surface area (Å²) in [5.74, 6) is 0. The first kappa shape index (κ1) is 11.9. The van der Waals surface area contributed by atoms with E-state index in [1.165, 1.54) is 10.8 Å². The minimum atomic E-state index is 0.533. The van der Waals surface area contributed by atoms with Gasteiger partial charge in [-0.25, -0.2) is 0 Å². The van der Waals surface area contributed by atoms with Gasteiger partial charge in [-0.15, -0.1) is 0 Å². The van der Waals surface area contributed by atoms with Gasteiger partial charge < -0.3 is 9.88 Å². The molecule has 2 aromatic carbocycles. The molecular formula is C16H10Cl2N2. The van der Waals surface area contributed by atoms with Crippen LogP contribution in [0.2, 0.25) is 10.0 Å². The SMILES string of the molecule is C=C1Nc2cc(Cl)c(Cl)cc2-n2cc3ccccc3c21. The van der Waals surface area contributed by atoms with Gasteiger partial charge in [-0.3, -0.25) is 0 Å². The Morgan fingerprint density at radius 1 is 1.05 bits per heavy atom. The molecule has 0 aliphatic carbocycles. The van der Waals surface area contributed by atoms with Gasteiger partial charge in [0, 0.05) is 17.0 Å². The molecule has 1 aromatic heterocycles. The summed E-state index contributed by atoms with van der Waals surface area (Å²) in [6.07, 6.45) is 2.10. The predicted molar refractivity (Wildman–Crippen MR) is 86.0 cm³/mol. The fourth-order valence-corrected chi connectivity index (χ4v) is 3.04. The van der Waals surface area contributed by atoms with Gasteiger partial charge in [0.15, 0.2) is 0 Å². The average molecular weight is 301 g/mol. The summed E-state index contributed by atoms with van der Waals surface area (Å²) in [7, 11) is 0. The van der Waals surface area contributed by atoms with Crippen LogP contribution in [0.3, 0.4) is 0 Å². The molecule has 0 saturated heterocycles. The summed E-state index contributed by atoms with van der Waals surface area (Å²) in [4.78, 5) is 0. The number of halogens is 2. The highest BCUT2D eigenvalue weighted by Crippen LogP contribution is 2.40. The van der Waals surface area contributed by atoms with E-state index in [1.807, 2.05) is 24.3 Å². The zero-order valence-corrected chi connectivity index (χ0v) is 12.0. The molecule has 0 radical (unpaired) electrons.